The third kappa shape index (κ3) is 3.59. The molecule has 1 fully saturated rings. The molecule has 1 atom stereocenters. The number of aliphatic hydroxyl groups is 1. The average molecular weight is 391 g/mol. The van der Waals surface area contributed by atoms with Crippen LogP contribution < -0.4 is 0 Å². The first kappa shape index (κ1) is 18.7. The number of likely N-dealkylation sites (tertiary alicyclic amines) is 1. The van der Waals surface area contributed by atoms with Crippen LogP contribution in [0.15, 0.2) is 71.4 Å². The molecule has 1 aliphatic rings. The maximum atomic E-state index is 12.8. The van der Waals surface area contributed by atoms with Crippen LogP contribution in [0, 0.1) is 6.92 Å². The zero-order valence-electron chi connectivity index (χ0n) is 16.0. The maximum Gasteiger partial charge on any atom is 0.295 e. The molecule has 1 N–H and O–H groups in total. The molecule has 1 aromatic carbocycles. The predicted octanol–water partition coefficient (Wildman–Crippen LogP) is 3.30. The number of imidazole rings is 1. The average Bonchev–Trinajstić information content (AvgIpc) is 3.46. The minimum atomic E-state index is -0.755. The van der Waals surface area contributed by atoms with Gasteiger partial charge in [0.15, 0.2) is 0 Å². The lowest BCUT2D eigenvalue weighted by Gasteiger charge is -2.23. The highest BCUT2D eigenvalue weighted by atomic mass is 16.3. The summed E-state index contributed by atoms with van der Waals surface area (Å²) >= 11 is 0. The quantitative estimate of drug-likeness (QED) is 0.396. The van der Waals surface area contributed by atoms with Crippen molar-refractivity contribution in [1.82, 2.24) is 14.5 Å². The van der Waals surface area contributed by atoms with Crippen LogP contribution in [0.1, 0.15) is 29.3 Å². The summed E-state index contributed by atoms with van der Waals surface area (Å²) < 4.78 is 7.43. The second-order valence-electron chi connectivity index (χ2n) is 7.03. The Morgan fingerprint density at radius 1 is 1.17 bits per heavy atom. The minimum absolute atomic E-state index is 0.0523. The molecule has 7 heteroatoms. The van der Waals surface area contributed by atoms with E-state index in [0.717, 1.165) is 5.56 Å². The molecule has 2 aromatic heterocycles. The number of aromatic nitrogens is 2. The number of aliphatic hydroxyl groups excluding tert-OH is 1. The largest absolute Gasteiger partial charge is 0.507 e. The lowest BCUT2D eigenvalue weighted by atomic mass is 9.99. The molecule has 148 valence electrons. The fraction of sp³-hybridized carbons (Fsp3) is 0.227. The van der Waals surface area contributed by atoms with Gasteiger partial charge in [-0.1, -0.05) is 29.8 Å². The predicted molar refractivity (Wildman–Crippen MR) is 106 cm³/mol. The molecule has 29 heavy (non-hydrogen) atoms. The summed E-state index contributed by atoms with van der Waals surface area (Å²) in [6.07, 6.45) is 7.36. The van der Waals surface area contributed by atoms with E-state index < -0.39 is 17.7 Å². The summed E-state index contributed by atoms with van der Waals surface area (Å²) in [5.41, 5.74) is 1.57. The van der Waals surface area contributed by atoms with Crippen molar-refractivity contribution in [3.63, 3.8) is 0 Å². The molecule has 3 heterocycles. The Bertz CT molecular complexity index is 1030. The number of Topliss-reactive ketones (excluding diaryl/α,β-unsaturated/α-hetero) is 1. The van der Waals surface area contributed by atoms with E-state index in [1.165, 1.54) is 11.2 Å². The second-order valence-corrected chi connectivity index (χ2v) is 7.03. The van der Waals surface area contributed by atoms with E-state index in [0.29, 0.717) is 30.8 Å². The van der Waals surface area contributed by atoms with Gasteiger partial charge in [-0.15, -0.1) is 0 Å². The van der Waals surface area contributed by atoms with Crippen LogP contribution >= 0.6 is 0 Å². The van der Waals surface area contributed by atoms with Crippen molar-refractivity contribution in [3.05, 3.63) is 83.8 Å². The zero-order chi connectivity index (χ0) is 20.4. The molecule has 0 saturated carbocycles. The van der Waals surface area contributed by atoms with Crippen molar-refractivity contribution < 1.29 is 19.1 Å². The molecule has 0 spiro atoms. The molecule has 7 nitrogen and oxygen atoms in total. The van der Waals surface area contributed by atoms with E-state index in [1.807, 2.05) is 29.8 Å². The van der Waals surface area contributed by atoms with E-state index in [1.54, 1.807) is 36.8 Å². The van der Waals surface area contributed by atoms with Crippen LogP contribution in [0.4, 0.5) is 0 Å². The molecule has 1 amide bonds. The topological polar surface area (TPSA) is 88.6 Å². The number of hydrogen-bond donors (Lipinski definition) is 1. The van der Waals surface area contributed by atoms with Gasteiger partial charge in [-0.25, -0.2) is 4.98 Å². The fourth-order valence-electron chi connectivity index (χ4n) is 3.56. The van der Waals surface area contributed by atoms with E-state index in [2.05, 4.69) is 4.98 Å². The number of rotatable bonds is 6. The molecule has 3 aromatic rings. The maximum absolute atomic E-state index is 12.8. The monoisotopic (exact) mass is 391 g/mol. The van der Waals surface area contributed by atoms with Crippen molar-refractivity contribution in [2.45, 2.75) is 25.9 Å². The van der Waals surface area contributed by atoms with Gasteiger partial charge in [0.2, 0.25) is 0 Å². The lowest BCUT2D eigenvalue weighted by Crippen LogP contribution is -2.31. The second kappa shape index (κ2) is 7.79. The Hall–Kier alpha value is -3.61. The summed E-state index contributed by atoms with van der Waals surface area (Å²) in [7, 11) is 0. The zero-order valence-corrected chi connectivity index (χ0v) is 16.0. The summed E-state index contributed by atoms with van der Waals surface area (Å²) in [5, 5.41) is 10.9. The SMILES string of the molecule is Cc1ccc(C(O)=C2C(=O)C(=O)N(CCCn3ccnc3)[C@@H]2c2ccco2)cc1. The van der Waals surface area contributed by atoms with Gasteiger partial charge in [0, 0.05) is 31.0 Å². The van der Waals surface area contributed by atoms with Gasteiger partial charge in [0.25, 0.3) is 11.7 Å². The van der Waals surface area contributed by atoms with Crippen LogP contribution in [0.3, 0.4) is 0 Å². The number of nitrogens with zero attached hydrogens (tertiary/aromatic N) is 3. The van der Waals surface area contributed by atoms with Gasteiger partial charge in [0.1, 0.15) is 17.6 Å². The minimum Gasteiger partial charge on any atom is -0.507 e. The van der Waals surface area contributed by atoms with Gasteiger partial charge < -0.3 is 19.0 Å². The number of aryl methyl sites for hydroxylation is 2. The number of furan rings is 1. The first-order valence-corrected chi connectivity index (χ1v) is 9.41. The van der Waals surface area contributed by atoms with Gasteiger partial charge in [0.05, 0.1) is 18.2 Å². The molecular weight excluding hydrogens is 370 g/mol. The first-order valence-electron chi connectivity index (χ1n) is 9.41. The molecule has 0 bridgehead atoms. The molecule has 1 aliphatic heterocycles. The number of carbonyl (C=O) groups excluding carboxylic acids is 2. The van der Waals surface area contributed by atoms with Gasteiger partial charge in [-0.2, -0.15) is 0 Å². The van der Waals surface area contributed by atoms with E-state index in [4.69, 9.17) is 4.42 Å². The number of carbonyl (C=O) groups is 2. The summed E-state index contributed by atoms with van der Waals surface area (Å²) in [6.45, 7) is 2.94. The fourth-order valence-corrected chi connectivity index (χ4v) is 3.56. The smallest absolute Gasteiger partial charge is 0.295 e. The van der Waals surface area contributed by atoms with Gasteiger partial charge >= 0.3 is 0 Å². The third-order valence-corrected chi connectivity index (χ3v) is 5.05. The van der Waals surface area contributed by atoms with Crippen molar-refractivity contribution in [1.29, 1.82) is 0 Å². The Morgan fingerprint density at radius 3 is 2.62 bits per heavy atom. The Labute approximate surface area is 167 Å². The van der Waals surface area contributed by atoms with Crippen molar-refractivity contribution in [2.24, 2.45) is 0 Å². The molecular formula is C22H21N3O4. The van der Waals surface area contributed by atoms with Crippen LogP contribution in [-0.2, 0) is 16.1 Å². The Morgan fingerprint density at radius 2 is 1.97 bits per heavy atom. The lowest BCUT2D eigenvalue weighted by molar-refractivity contribution is -0.140. The van der Waals surface area contributed by atoms with Crippen LogP contribution in [0.25, 0.3) is 5.76 Å². The number of hydrogen-bond acceptors (Lipinski definition) is 5. The molecule has 0 aliphatic carbocycles. The Balaban J connectivity index is 1.68. The Kier molecular flexibility index (Phi) is 5.03. The van der Waals surface area contributed by atoms with Crippen LogP contribution in [0.2, 0.25) is 0 Å². The van der Waals surface area contributed by atoms with Crippen LogP contribution in [0.5, 0.6) is 0 Å². The van der Waals surface area contributed by atoms with Crippen molar-refractivity contribution >= 4 is 17.4 Å². The third-order valence-electron chi connectivity index (χ3n) is 5.05. The first-order chi connectivity index (χ1) is 14.1. The summed E-state index contributed by atoms with van der Waals surface area (Å²) in [5.74, 6) is -1.08. The molecule has 1 saturated heterocycles. The van der Waals surface area contributed by atoms with E-state index in [9.17, 15) is 14.7 Å². The summed E-state index contributed by atoms with van der Waals surface area (Å²) in [4.78, 5) is 31.1. The van der Waals surface area contributed by atoms with Gasteiger partial charge in [-0.05, 0) is 25.5 Å². The molecule has 0 radical (unpaired) electrons. The van der Waals surface area contributed by atoms with Crippen molar-refractivity contribution in [3.8, 4) is 0 Å². The number of amides is 1. The molecule has 0 unspecified atom stereocenters. The summed E-state index contributed by atoms with van der Waals surface area (Å²) in [6, 6.07) is 9.81. The van der Waals surface area contributed by atoms with E-state index in [-0.39, 0.29) is 11.3 Å². The van der Waals surface area contributed by atoms with Crippen molar-refractivity contribution in [2.75, 3.05) is 6.54 Å². The normalized spacial score (nSPS) is 18.5. The highest BCUT2D eigenvalue weighted by Gasteiger charge is 2.47. The van der Waals surface area contributed by atoms with E-state index >= 15 is 0 Å². The highest BCUT2D eigenvalue weighted by molar-refractivity contribution is 6.46. The standard InChI is InChI=1S/C22H21N3O4/c1-15-5-7-16(8-6-15)20(26)18-19(17-4-2-13-29-17)25(22(28)21(18)27)11-3-10-24-12-9-23-14-24/h2,4-9,12-14,19,26H,3,10-11H2,1H3/t19-/m1/s1. The molecule has 4 rings (SSSR count). The number of ketones is 1. The highest BCUT2D eigenvalue weighted by Crippen LogP contribution is 2.39. The van der Waals surface area contributed by atoms with Crippen LogP contribution in [-0.4, -0.2) is 37.8 Å². The van der Waals surface area contributed by atoms with Gasteiger partial charge in [-0.3, -0.25) is 9.59 Å². The number of benzene rings is 1.